The van der Waals surface area contributed by atoms with Crippen LogP contribution in [0, 0.1) is 0 Å². The van der Waals surface area contributed by atoms with Gasteiger partial charge in [-0.3, -0.25) is 4.79 Å². The molecule has 1 amide bonds. The summed E-state index contributed by atoms with van der Waals surface area (Å²) in [5.74, 6) is 0.461. The minimum absolute atomic E-state index is 0.0236. The van der Waals surface area contributed by atoms with Gasteiger partial charge in [0.1, 0.15) is 5.69 Å². The highest BCUT2D eigenvalue weighted by molar-refractivity contribution is 5.92. The van der Waals surface area contributed by atoms with E-state index in [1.165, 1.54) is 4.80 Å². The Kier molecular flexibility index (Phi) is 4.68. The molecule has 2 aromatic heterocycles. The SMILES string of the molecule is C[C@@H]1CN(C(=O)c2ccn(Cn3nnc(-c4ccccc4)n3)n2)C[C@@H](C)O1. The van der Waals surface area contributed by atoms with Crippen molar-refractivity contribution < 1.29 is 9.53 Å². The van der Waals surface area contributed by atoms with Gasteiger partial charge in [0.15, 0.2) is 6.67 Å². The van der Waals surface area contributed by atoms with Crippen LogP contribution in [0.5, 0.6) is 0 Å². The number of benzene rings is 1. The molecule has 3 aromatic rings. The molecule has 3 heterocycles. The standard InChI is InChI=1S/C18H21N7O2/c1-13-10-23(11-14(2)27-13)18(26)16-8-9-24(20-16)12-25-21-17(19-22-25)15-6-4-3-5-7-15/h3-9,13-14H,10-12H2,1-2H3/t13-,14-/m1/s1. The number of aromatic nitrogens is 6. The molecule has 1 saturated heterocycles. The third-order valence-electron chi connectivity index (χ3n) is 4.32. The predicted octanol–water partition coefficient (Wildman–Crippen LogP) is 1.29. The van der Waals surface area contributed by atoms with Crippen LogP contribution in [0.2, 0.25) is 0 Å². The van der Waals surface area contributed by atoms with Gasteiger partial charge in [0.25, 0.3) is 5.91 Å². The number of rotatable bonds is 4. The molecular formula is C18H21N7O2. The number of nitrogens with zero attached hydrogens (tertiary/aromatic N) is 7. The van der Waals surface area contributed by atoms with Gasteiger partial charge in [-0.05, 0) is 25.1 Å². The number of ether oxygens (including phenoxy) is 1. The average Bonchev–Trinajstić information content (AvgIpc) is 3.31. The second-order valence-corrected chi connectivity index (χ2v) is 6.70. The van der Waals surface area contributed by atoms with Crippen molar-refractivity contribution >= 4 is 5.91 Å². The molecular weight excluding hydrogens is 346 g/mol. The smallest absolute Gasteiger partial charge is 0.274 e. The Morgan fingerprint density at radius 3 is 2.59 bits per heavy atom. The van der Waals surface area contributed by atoms with Crippen molar-refractivity contribution in [3.05, 3.63) is 48.3 Å². The lowest BCUT2D eigenvalue weighted by Gasteiger charge is -2.34. The van der Waals surface area contributed by atoms with Crippen LogP contribution in [0.4, 0.5) is 0 Å². The molecule has 0 saturated carbocycles. The molecule has 27 heavy (non-hydrogen) atoms. The molecule has 2 atom stereocenters. The Bertz CT molecular complexity index is 911. The van der Waals surface area contributed by atoms with Gasteiger partial charge in [0, 0.05) is 24.8 Å². The summed E-state index contributed by atoms with van der Waals surface area (Å²) in [5.41, 5.74) is 1.30. The number of hydrogen-bond acceptors (Lipinski definition) is 6. The van der Waals surface area contributed by atoms with Gasteiger partial charge in [-0.2, -0.15) is 5.10 Å². The first-order valence-electron chi connectivity index (χ1n) is 8.90. The minimum atomic E-state index is -0.0905. The van der Waals surface area contributed by atoms with Crippen molar-refractivity contribution in [2.45, 2.75) is 32.7 Å². The zero-order valence-electron chi connectivity index (χ0n) is 15.3. The van der Waals surface area contributed by atoms with Crippen molar-refractivity contribution in [1.82, 2.24) is 34.9 Å². The van der Waals surface area contributed by atoms with Gasteiger partial charge < -0.3 is 9.64 Å². The molecule has 0 spiro atoms. The Hall–Kier alpha value is -3.07. The molecule has 1 fully saturated rings. The molecule has 0 radical (unpaired) electrons. The Balaban J connectivity index is 1.44. The van der Waals surface area contributed by atoms with Crippen LogP contribution in [0.15, 0.2) is 42.6 Å². The van der Waals surface area contributed by atoms with Gasteiger partial charge in [0.05, 0.1) is 12.2 Å². The fraction of sp³-hybridized carbons (Fsp3) is 0.389. The molecule has 9 heteroatoms. The highest BCUT2D eigenvalue weighted by Crippen LogP contribution is 2.14. The van der Waals surface area contributed by atoms with E-state index in [9.17, 15) is 4.79 Å². The van der Waals surface area contributed by atoms with Crippen LogP contribution in [0.1, 0.15) is 24.3 Å². The summed E-state index contributed by atoms with van der Waals surface area (Å²) in [6.07, 6.45) is 1.79. The number of carbonyl (C=O) groups is 1. The van der Waals surface area contributed by atoms with E-state index in [1.54, 1.807) is 21.8 Å². The van der Waals surface area contributed by atoms with Gasteiger partial charge in [0.2, 0.25) is 5.82 Å². The van der Waals surface area contributed by atoms with Crippen molar-refractivity contribution in [3.63, 3.8) is 0 Å². The summed E-state index contributed by atoms with van der Waals surface area (Å²) in [4.78, 5) is 15.9. The maximum Gasteiger partial charge on any atom is 0.274 e. The molecule has 0 unspecified atom stereocenters. The van der Waals surface area contributed by atoms with Gasteiger partial charge in [-0.15, -0.1) is 15.0 Å². The molecule has 4 rings (SSSR count). The van der Waals surface area contributed by atoms with E-state index in [-0.39, 0.29) is 24.8 Å². The van der Waals surface area contributed by atoms with Gasteiger partial charge in [-0.25, -0.2) is 4.68 Å². The van der Waals surface area contributed by atoms with Crippen LogP contribution in [-0.2, 0) is 11.4 Å². The molecule has 9 nitrogen and oxygen atoms in total. The largest absolute Gasteiger partial charge is 0.372 e. The van der Waals surface area contributed by atoms with Crippen LogP contribution in [0.3, 0.4) is 0 Å². The quantitative estimate of drug-likeness (QED) is 0.690. The summed E-state index contributed by atoms with van der Waals surface area (Å²) in [6.45, 7) is 5.36. The zero-order valence-corrected chi connectivity index (χ0v) is 15.3. The second kappa shape index (κ2) is 7.28. The maximum absolute atomic E-state index is 12.7. The monoisotopic (exact) mass is 367 g/mol. The van der Waals surface area contributed by atoms with E-state index in [4.69, 9.17) is 4.74 Å². The summed E-state index contributed by atoms with van der Waals surface area (Å²) in [7, 11) is 0. The van der Waals surface area contributed by atoms with Gasteiger partial charge >= 0.3 is 0 Å². The first-order chi connectivity index (χ1) is 13.1. The summed E-state index contributed by atoms with van der Waals surface area (Å²) in [6, 6.07) is 11.4. The van der Waals surface area contributed by atoms with Gasteiger partial charge in [-0.1, -0.05) is 30.3 Å². The van der Waals surface area contributed by atoms with E-state index in [0.717, 1.165) is 5.56 Å². The maximum atomic E-state index is 12.7. The Labute approximate surface area is 156 Å². The van der Waals surface area contributed by atoms with Crippen LogP contribution >= 0.6 is 0 Å². The highest BCUT2D eigenvalue weighted by Gasteiger charge is 2.27. The molecule has 1 aliphatic rings. The molecule has 0 bridgehead atoms. The number of morpholine rings is 1. The first kappa shape index (κ1) is 17.3. The second-order valence-electron chi connectivity index (χ2n) is 6.70. The van der Waals surface area contributed by atoms with Crippen LogP contribution in [-0.4, -0.2) is 66.1 Å². The average molecular weight is 367 g/mol. The number of hydrogen-bond donors (Lipinski definition) is 0. The van der Waals surface area contributed by atoms with Crippen LogP contribution in [0.25, 0.3) is 11.4 Å². The minimum Gasteiger partial charge on any atom is -0.372 e. The van der Waals surface area contributed by atoms with Crippen molar-refractivity contribution in [2.75, 3.05) is 13.1 Å². The predicted molar refractivity (Wildman–Crippen MR) is 96.8 cm³/mol. The van der Waals surface area contributed by atoms with E-state index < -0.39 is 0 Å². The fourth-order valence-corrected chi connectivity index (χ4v) is 3.20. The molecule has 1 aliphatic heterocycles. The topological polar surface area (TPSA) is 91.0 Å². The fourth-order valence-electron chi connectivity index (χ4n) is 3.20. The normalized spacial score (nSPS) is 20.0. The molecule has 140 valence electrons. The lowest BCUT2D eigenvalue weighted by atomic mass is 10.2. The lowest BCUT2D eigenvalue weighted by Crippen LogP contribution is -2.48. The van der Waals surface area contributed by atoms with E-state index in [1.807, 2.05) is 44.2 Å². The molecule has 1 aromatic carbocycles. The van der Waals surface area contributed by atoms with E-state index >= 15 is 0 Å². The third-order valence-corrected chi connectivity index (χ3v) is 4.32. The third kappa shape index (κ3) is 3.87. The molecule has 0 N–H and O–H groups in total. The zero-order chi connectivity index (χ0) is 18.8. The van der Waals surface area contributed by atoms with Crippen LogP contribution < -0.4 is 0 Å². The lowest BCUT2D eigenvalue weighted by molar-refractivity contribution is -0.0587. The summed E-state index contributed by atoms with van der Waals surface area (Å²) < 4.78 is 7.30. The first-order valence-corrected chi connectivity index (χ1v) is 8.90. The summed E-state index contributed by atoms with van der Waals surface area (Å²) in [5, 5.41) is 16.9. The number of carbonyl (C=O) groups excluding carboxylic acids is 1. The van der Waals surface area contributed by atoms with E-state index in [0.29, 0.717) is 24.6 Å². The number of amides is 1. The Morgan fingerprint density at radius 2 is 1.85 bits per heavy atom. The van der Waals surface area contributed by atoms with Crippen molar-refractivity contribution in [2.24, 2.45) is 0 Å². The van der Waals surface area contributed by atoms with Crippen molar-refractivity contribution in [3.8, 4) is 11.4 Å². The summed E-state index contributed by atoms with van der Waals surface area (Å²) >= 11 is 0. The number of tetrazole rings is 1. The van der Waals surface area contributed by atoms with Crippen molar-refractivity contribution in [1.29, 1.82) is 0 Å². The highest BCUT2D eigenvalue weighted by atomic mass is 16.5. The van der Waals surface area contributed by atoms with E-state index in [2.05, 4.69) is 20.5 Å². The molecule has 0 aliphatic carbocycles. The Morgan fingerprint density at radius 1 is 1.11 bits per heavy atom.